The van der Waals surface area contributed by atoms with Crippen LogP contribution in [-0.2, 0) is 19.7 Å². The number of anilines is 1. The molecule has 1 saturated carbocycles. The van der Waals surface area contributed by atoms with Crippen LogP contribution >= 0.6 is 0 Å². The largest absolute Gasteiger partial charge is 0.497 e. The smallest absolute Gasteiger partial charge is 0.310 e. The lowest BCUT2D eigenvalue weighted by molar-refractivity contribution is -0.162. The molecule has 1 aliphatic carbocycles. The molecule has 148 valence electrons. The zero-order valence-electron chi connectivity index (χ0n) is 16.8. The van der Waals surface area contributed by atoms with Crippen LogP contribution in [0.3, 0.4) is 0 Å². The van der Waals surface area contributed by atoms with E-state index < -0.39 is 11.1 Å². The second-order valence-electron chi connectivity index (χ2n) is 8.78. The Morgan fingerprint density at radius 2 is 2.18 bits per heavy atom. The zero-order valence-corrected chi connectivity index (χ0v) is 16.8. The highest BCUT2D eigenvalue weighted by Crippen LogP contribution is 2.74. The molecular formula is C22H26N2O4. The third-order valence-electron chi connectivity index (χ3n) is 8.30. The van der Waals surface area contributed by atoms with Gasteiger partial charge in [0.25, 0.3) is 0 Å². The van der Waals surface area contributed by atoms with Crippen molar-refractivity contribution < 1.29 is 19.0 Å². The van der Waals surface area contributed by atoms with Crippen molar-refractivity contribution in [3.05, 3.63) is 35.4 Å². The van der Waals surface area contributed by atoms with Crippen LogP contribution in [0.4, 0.5) is 5.69 Å². The van der Waals surface area contributed by atoms with E-state index in [1.165, 1.54) is 18.2 Å². The summed E-state index contributed by atoms with van der Waals surface area (Å²) in [7, 11) is 5.33. The number of piperidine rings is 2. The second kappa shape index (κ2) is 5.10. The number of nitrogens with zero attached hydrogens (tertiary/aromatic N) is 2. The van der Waals surface area contributed by atoms with Crippen LogP contribution in [-0.4, -0.2) is 56.7 Å². The summed E-state index contributed by atoms with van der Waals surface area (Å²) in [6, 6.07) is 6.52. The summed E-state index contributed by atoms with van der Waals surface area (Å²) in [5.74, 6) is 0.655. The normalized spacial score (nSPS) is 43.4. The lowest BCUT2D eigenvalue weighted by atomic mass is 9.49. The number of carbonyl (C=O) groups excluding carboxylic acids is 1. The molecule has 6 nitrogen and oxygen atoms in total. The maximum absolute atomic E-state index is 13.3. The molecule has 0 radical (unpaired) electrons. The van der Waals surface area contributed by atoms with Gasteiger partial charge in [0, 0.05) is 25.7 Å². The molecule has 1 aromatic carbocycles. The topological polar surface area (TPSA) is 51.2 Å². The Hall–Kier alpha value is -2.05. The monoisotopic (exact) mass is 382 g/mol. The van der Waals surface area contributed by atoms with Gasteiger partial charge in [-0.3, -0.25) is 9.69 Å². The van der Waals surface area contributed by atoms with Crippen molar-refractivity contribution >= 4 is 11.7 Å². The van der Waals surface area contributed by atoms with Crippen molar-refractivity contribution in [1.29, 1.82) is 0 Å². The Bertz CT molecular complexity index is 929. The van der Waals surface area contributed by atoms with Gasteiger partial charge < -0.3 is 19.1 Å². The predicted molar refractivity (Wildman–Crippen MR) is 103 cm³/mol. The van der Waals surface area contributed by atoms with Crippen molar-refractivity contribution in [1.82, 2.24) is 4.90 Å². The fourth-order valence-electron chi connectivity index (χ4n) is 7.37. The van der Waals surface area contributed by atoms with E-state index in [0.717, 1.165) is 30.8 Å². The summed E-state index contributed by atoms with van der Waals surface area (Å²) in [4.78, 5) is 18.1. The zero-order chi connectivity index (χ0) is 19.4. The first-order chi connectivity index (χ1) is 13.5. The maximum atomic E-state index is 13.3. The number of likely N-dealkylation sites (N-methyl/N-ethyl adjacent to an activating group) is 1. The van der Waals surface area contributed by atoms with E-state index in [1.807, 2.05) is 6.07 Å². The van der Waals surface area contributed by atoms with E-state index in [-0.39, 0.29) is 30.1 Å². The first kappa shape index (κ1) is 16.9. The van der Waals surface area contributed by atoms with Crippen LogP contribution in [0, 0.1) is 11.8 Å². The average Bonchev–Trinajstić information content (AvgIpc) is 3.32. The Morgan fingerprint density at radius 3 is 2.89 bits per heavy atom. The molecule has 28 heavy (non-hydrogen) atoms. The van der Waals surface area contributed by atoms with E-state index in [9.17, 15) is 4.79 Å². The van der Waals surface area contributed by atoms with E-state index in [4.69, 9.17) is 14.2 Å². The molecule has 6 rings (SSSR count). The van der Waals surface area contributed by atoms with Crippen LogP contribution < -0.4 is 9.64 Å². The van der Waals surface area contributed by atoms with Gasteiger partial charge in [0.2, 0.25) is 0 Å². The highest BCUT2D eigenvalue weighted by Gasteiger charge is 2.83. The van der Waals surface area contributed by atoms with E-state index in [1.54, 1.807) is 7.11 Å². The first-order valence-corrected chi connectivity index (χ1v) is 10.1. The Kier molecular flexibility index (Phi) is 3.07. The molecule has 1 aromatic rings. The molecule has 3 saturated heterocycles. The predicted octanol–water partition coefficient (Wildman–Crippen LogP) is 2.28. The first-order valence-electron chi connectivity index (χ1n) is 10.1. The van der Waals surface area contributed by atoms with E-state index in [0.29, 0.717) is 0 Å². The van der Waals surface area contributed by atoms with E-state index in [2.05, 4.69) is 42.0 Å². The van der Waals surface area contributed by atoms with Crippen LogP contribution in [0.2, 0.25) is 0 Å². The van der Waals surface area contributed by atoms with Crippen LogP contribution in [0.25, 0.3) is 0 Å². The summed E-state index contributed by atoms with van der Waals surface area (Å²) in [5.41, 5.74) is 2.74. The molecule has 6 atom stereocenters. The summed E-state index contributed by atoms with van der Waals surface area (Å²) < 4.78 is 17.8. The van der Waals surface area contributed by atoms with Gasteiger partial charge in [-0.1, -0.05) is 11.6 Å². The summed E-state index contributed by atoms with van der Waals surface area (Å²) in [6.45, 7) is 2.97. The number of hydrogen-bond acceptors (Lipinski definition) is 6. The molecule has 4 fully saturated rings. The number of rotatable bonds is 2. The van der Waals surface area contributed by atoms with Gasteiger partial charge in [-0.05, 0) is 43.0 Å². The molecule has 1 unspecified atom stereocenters. The minimum Gasteiger partial charge on any atom is -0.497 e. The minimum atomic E-state index is -0.513. The Balaban J connectivity index is 1.68. The maximum Gasteiger partial charge on any atom is 0.310 e. The minimum absolute atomic E-state index is 0.0372. The van der Waals surface area contributed by atoms with E-state index >= 15 is 0 Å². The number of esters is 1. The van der Waals surface area contributed by atoms with Crippen molar-refractivity contribution in [3.8, 4) is 5.75 Å². The quantitative estimate of drug-likeness (QED) is 0.578. The summed E-state index contributed by atoms with van der Waals surface area (Å²) in [6.07, 6.45) is 3.99. The van der Waals surface area contributed by atoms with Crippen LogP contribution in [0.15, 0.2) is 29.8 Å². The number of benzene rings is 1. The van der Waals surface area contributed by atoms with Gasteiger partial charge in [-0.2, -0.15) is 0 Å². The molecule has 0 aromatic heterocycles. The van der Waals surface area contributed by atoms with Crippen molar-refractivity contribution in [3.63, 3.8) is 0 Å². The van der Waals surface area contributed by atoms with Crippen molar-refractivity contribution in [2.45, 2.75) is 43.2 Å². The Morgan fingerprint density at radius 1 is 1.36 bits per heavy atom. The van der Waals surface area contributed by atoms with Gasteiger partial charge in [0.15, 0.2) is 5.72 Å². The van der Waals surface area contributed by atoms with Gasteiger partial charge in [-0.15, -0.1) is 0 Å². The molecular weight excluding hydrogens is 356 g/mol. The number of methoxy groups -OCH3 is 2. The third kappa shape index (κ3) is 1.49. The highest BCUT2D eigenvalue weighted by atomic mass is 16.6. The highest BCUT2D eigenvalue weighted by molar-refractivity contribution is 5.82. The van der Waals surface area contributed by atoms with Crippen LogP contribution in [0.1, 0.15) is 25.3 Å². The average molecular weight is 382 g/mol. The molecule has 4 aliphatic heterocycles. The number of ether oxygens (including phenoxy) is 3. The molecule has 6 heteroatoms. The number of carbonyl (C=O) groups is 1. The Labute approximate surface area is 165 Å². The lowest BCUT2D eigenvalue weighted by Crippen LogP contribution is -2.75. The fraction of sp³-hybridized carbons (Fsp3) is 0.591. The summed E-state index contributed by atoms with van der Waals surface area (Å²) in [5, 5.41) is 0. The van der Waals surface area contributed by atoms with Gasteiger partial charge in [-0.25, -0.2) is 0 Å². The number of hydrogen-bond donors (Lipinski definition) is 0. The standard InChI is InChI=1S/C22H26N2O4/c1-5-12-11-24-17-9-14(12)19(20(25)27-4)21-10-18(24)28-22(17,21)23(2)16-7-6-13(26-3)8-15(16)21/h5-8,14,17-19H,9-11H2,1-4H3/b12-5-/t14-,17+,18-,19?,21+,22-/m1/s1. The molecule has 4 heterocycles. The van der Waals surface area contributed by atoms with Crippen molar-refractivity contribution in [2.75, 3.05) is 32.7 Å². The molecule has 1 spiro atoms. The lowest BCUT2D eigenvalue weighted by Gasteiger charge is -2.61. The van der Waals surface area contributed by atoms with Gasteiger partial charge in [0.1, 0.15) is 12.0 Å². The fourth-order valence-corrected chi connectivity index (χ4v) is 7.37. The molecule has 0 amide bonds. The second-order valence-corrected chi connectivity index (χ2v) is 8.78. The van der Waals surface area contributed by atoms with Gasteiger partial charge in [0.05, 0.1) is 31.6 Å². The molecule has 5 aliphatic rings. The number of allylic oxidation sites excluding steroid dienone is 1. The molecule has 4 bridgehead atoms. The van der Waals surface area contributed by atoms with Crippen LogP contribution in [0.5, 0.6) is 5.75 Å². The number of fused-ring (bicyclic) bond motifs is 4. The SMILES string of the molecule is C/C=C1/CN2[C@H]3C[C@H]1C(C(=O)OC)[C@@]14C[C@H]2O[C@]31N(C)c1ccc(OC)cc14. The summed E-state index contributed by atoms with van der Waals surface area (Å²) >= 11 is 0. The molecule has 0 N–H and O–H groups in total. The van der Waals surface area contributed by atoms with Gasteiger partial charge >= 0.3 is 5.97 Å². The third-order valence-corrected chi connectivity index (χ3v) is 8.30. The van der Waals surface area contributed by atoms with Crippen molar-refractivity contribution in [2.24, 2.45) is 11.8 Å².